The van der Waals surface area contributed by atoms with E-state index in [0.717, 1.165) is 17.7 Å². The molecular weight excluding hydrogens is 266 g/mol. The summed E-state index contributed by atoms with van der Waals surface area (Å²) in [4.78, 5) is 2.46. The van der Waals surface area contributed by atoms with Crippen molar-refractivity contribution in [1.29, 1.82) is 0 Å². The van der Waals surface area contributed by atoms with Crippen LogP contribution in [0, 0.1) is 0 Å². The fourth-order valence-corrected chi connectivity index (χ4v) is 2.22. The lowest BCUT2D eigenvalue weighted by atomic mass is 10.1. The zero-order valence-electron chi connectivity index (χ0n) is 9.49. The highest BCUT2D eigenvalue weighted by Gasteiger charge is 2.10. The van der Waals surface area contributed by atoms with Crippen LogP contribution in [0.3, 0.4) is 0 Å². The van der Waals surface area contributed by atoms with Gasteiger partial charge in [-0.15, -0.1) is 0 Å². The smallest absolute Gasteiger partial charge is 0.119 e. The Labute approximate surface area is 106 Å². The highest BCUT2D eigenvalue weighted by atomic mass is 79.9. The molecule has 0 atom stereocenters. The third kappa shape index (κ3) is 3.14. The molecule has 0 unspecified atom stereocenters. The fraction of sp³-hybridized carbons (Fsp3) is 0.538. The first-order chi connectivity index (χ1) is 7.90. The number of hydrogen-bond donors (Lipinski definition) is 0. The van der Waals surface area contributed by atoms with Gasteiger partial charge in [0.1, 0.15) is 5.75 Å². The quantitative estimate of drug-likeness (QED) is 0.785. The Bertz CT molecular complexity index is 306. The molecule has 0 aliphatic carbocycles. The summed E-state index contributed by atoms with van der Waals surface area (Å²) in [6.07, 6.45) is 4.02. The maximum Gasteiger partial charge on any atom is 0.119 e. The monoisotopic (exact) mass is 283 g/mol. The average molecular weight is 284 g/mol. The standard InChI is InChI=1S/C13H18BrNO/c14-8-11-16-13-6-4-12(5-7-13)15-9-2-1-3-10-15/h4-7H,1-3,8-11H2. The summed E-state index contributed by atoms with van der Waals surface area (Å²) in [6.45, 7) is 3.12. The van der Waals surface area contributed by atoms with Crippen LogP contribution in [0.15, 0.2) is 24.3 Å². The lowest BCUT2D eigenvalue weighted by molar-refractivity contribution is 0.345. The maximum atomic E-state index is 5.53. The molecule has 0 bridgehead atoms. The first kappa shape index (κ1) is 11.8. The summed E-state index contributed by atoms with van der Waals surface area (Å²) in [5.74, 6) is 0.959. The van der Waals surface area contributed by atoms with Gasteiger partial charge in [-0.3, -0.25) is 0 Å². The average Bonchev–Trinajstić information content (AvgIpc) is 2.38. The molecule has 0 aromatic heterocycles. The van der Waals surface area contributed by atoms with Crippen LogP contribution in [-0.4, -0.2) is 25.0 Å². The van der Waals surface area contributed by atoms with E-state index in [0.29, 0.717) is 0 Å². The second kappa shape index (κ2) is 6.14. The van der Waals surface area contributed by atoms with E-state index in [1.54, 1.807) is 0 Å². The Morgan fingerprint density at radius 1 is 1.06 bits per heavy atom. The van der Waals surface area contributed by atoms with Crippen LogP contribution in [0.5, 0.6) is 5.75 Å². The molecule has 88 valence electrons. The van der Waals surface area contributed by atoms with E-state index in [1.807, 2.05) is 0 Å². The fourth-order valence-electron chi connectivity index (χ4n) is 2.06. The Kier molecular flexibility index (Phi) is 4.52. The van der Waals surface area contributed by atoms with Gasteiger partial charge in [0.2, 0.25) is 0 Å². The number of benzene rings is 1. The number of hydrogen-bond acceptors (Lipinski definition) is 2. The summed E-state index contributed by atoms with van der Waals surface area (Å²) in [5.41, 5.74) is 1.32. The summed E-state index contributed by atoms with van der Waals surface area (Å²) in [6, 6.07) is 8.45. The van der Waals surface area contributed by atoms with Gasteiger partial charge in [-0.2, -0.15) is 0 Å². The number of ether oxygens (including phenoxy) is 1. The molecule has 1 aromatic carbocycles. The van der Waals surface area contributed by atoms with Gasteiger partial charge < -0.3 is 9.64 Å². The van der Waals surface area contributed by atoms with Crippen molar-refractivity contribution in [3.05, 3.63) is 24.3 Å². The molecular formula is C13H18BrNO. The van der Waals surface area contributed by atoms with Crippen molar-refractivity contribution in [2.24, 2.45) is 0 Å². The third-order valence-corrected chi connectivity index (χ3v) is 3.23. The van der Waals surface area contributed by atoms with Gasteiger partial charge in [-0.1, -0.05) is 15.9 Å². The molecule has 1 saturated heterocycles. The van der Waals surface area contributed by atoms with E-state index in [1.165, 1.54) is 38.0 Å². The minimum Gasteiger partial charge on any atom is -0.493 e. The second-order valence-electron chi connectivity index (χ2n) is 4.08. The topological polar surface area (TPSA) is 12.5 Å². The molecule has 0 radical (unpaired) electrons. The summed E-state index contributed by atoms with van der Waals surface area (Å²) in [5, 5.41) is 0.876. The van der Waals surface area contributed by atoms with E-state index in [-0.39, 0.29) is 0 Å². The minimum absolute atomic E-state index is 0.725. The zero-order chi connectivity index (χ0) is 11.2. The van der Waals surface area contributed by atoms with Gasteiger partial charge in [0.05, 0.1) is 6.61 Å². The number of anilines is 1. The molecule has 3 heteroatoms. The molecule has 0 saturated carbocycles. The Hall–Kier alpha value is -0.700. The van der Waals surface area contributed by atoms with Crippen molar-refractivity contribution >= 4 is 21.6 Å². The van der Waals surface area contributed by atoms with Crippen LogP contribution in [0.4, 0.5) is 5.69 Å². The van der Waals surface area contributed by atoms with Crippen LogP contribution in [0.25, 0.3) is 0 Å². The Balaban J connectivity index is 1.95. The van der Waals surface area contributed by atoms with Crippen molar-refractivity contribution in [3.63, 3.8) is 0 Å². The minimum atomic E-state index is 0.725. The van der Waals surface area contributed by atoms with E-state index < -0.39 is 0 Å². The van der Waals surface area contributed by atoms with Gasteiger partial charge in [0.15, 0.2) is 0 Å². The van der Waals surface area contributed by atoms with E-state index in [4.69, 9.17) is 4.74 Å². The summed E-state index contributed by atoms with van der Waals surface area (Å²) >= 11 is 3.35. The van der Waals surface area contributed by atoms with Gasteiger partial charge in [-0.25, -0.2) is 0 Å². The lowest BCUT2D eigenvalue weighted by Gasteiger charge is -2.28. The van der Waals surface area contributed by atoms with Gasteiger partial charge in [-0.05, 0) is 43.5 Å². The molecule has 1 aromatic rings. The predicted octanol–water partition coefficient (Wildman–Crippen LogP) is 3.45. The van der Waals surface area contributed by atoms with E-state index in [2.05, 4.69) is 45.1 Å². The van der Waals surface area contributed by atoms with Crippen molar-refractivity contribution in [2.45, 2.75) is 19.3 Å². The van der Waals surface area contributed by atoms with E-state index >= 15 is 0 Å². The summed E-state index contributed by atoms with van der Waals surface area (Å²) in [7, 11) is 0. The first-order valence-corrected chi connectivity index (χ1v) is 7.06. The van der Waals surface area contributed by atoms with Crippen LogP contribution in [0.2, 0.25) is 0 Å². The largest absolute Gasteiger partial charge is 0.493 e. The van der Waals surface area contributed by atoms with Gasteiger partial charge >= 0.3 is 0 Å². The first-order valence-electron chi connectivity index (χ1n) is 5.94. The highest BCUT2D eigenvalue weighted by Crippen LogP contribution is 2.22. The lowest BCUT2D eigenvalue weighted by Crippen LogP contribution is -2.29. The van der Waals surface area contributed by atoms with Crippen molar-refractivity contribution in [3.8, 4) is 5.75 Å². The van der Waals surface area contributed by atoms with Crippen LogP contribution < -0.4 is 9.64 Å². The SMILES string of the molecule is BrCCOc1ccc(N2CCCCC2)cc1. The molecule has 0 spiro atoms. The summed E-state index contributed by atoms with van der Waals surface area (Å²) < 4.78 is 5.53. The van der Waals surface area contributed by atoms with Crippen LogP contribution >= 0.6 is 15.9 Å². The van der Waals surface area contributed by atoms with Crippen molar-refractivity contribution in [2.75, 3.05) is 29.9 Å². The Morgan fingerprint density at radius 2 is 1.75 bits per heavy atom. The molecule has 16 heavy (non-hydrogen) atoms. The van der Waals surface area contributed by atoms with Crippen molar-refractivity contribution < 1.29 is 4.74 Å². The maximum absolute atomic E-state index is 5.53. The number of halogens is 1. The van der Waals surface area contributed by atoms with Gasteiger partial charge in [0, 0.05) is 24.1 Å². The van der Waals surface area contributed by atoms with Crippen LogP contribution in [0.1, 0.15) is 19.3 Å². The molecule has 2 nitrogen and oxygen atoms in total. The number of rotatable bonds is 4. The number of alkyl halides is 1. The van der Waals surface area contributed by atoms with E-state index in [9.17, 15) is 0 Å². The molecule has 1 heterocycles. The van der Waals surface area contributed by atoms with Crippen molar-refractivity contribution in [1.82, 2.24) is 0 Å². The predicted molar refractivity (Wildman–Crippen MR) is 71.8 cm³/mol. The molecule has 2 rings (SSSR count). The zero-order valence-corrected chi connectivity index (χ0v) is 11.1. The number of nitrogens with zero attached hydrogens (tertiary/aromatic N) is 1. The molecule has 0 amide bonds. The highest BCUT2D eigenvalue weighted by molar-refractivity contribution is 9.09. The molecule has 0 N–H and O–H groups in total. The number of piperidine rings is 1. The molecule has 1 aliphatic heterocycles. The van der Waals surface area contributed by atoms with Gasteiger partial charge in [0.25, 0.3) is 0 Å². The Morgan fingerprint density at radius 3 is 2.38 bits per heavy atom. The molecule has 1 fully saturated rings. The normalized spacial score (nSPS) is 16.2. The second-order valence-corrected chi connectivity index (χ2v) is 4.87. The third-order valence-electron chi connectivity index (χ3n) is 2.90. The van der Waals surface area contributed by atoms with Crippen LogP contribution in [-0.2, 0) is 0 Å². The molecule has 1 aliphatic rings.